The van der Waals surface area contributed by atoms with Crippen molar-refractivity contribution in [2.45, 2.75) is 19.0 Å². The molecule has 8 nitrogen and oxygen atoms in total. The molecular weight excluding hydrogens is 526 g/mol. The van der Waals surface area contributed by atoms with Gasteiger partial charge in [-0.25, -0.2) is 10.3 Å². The van der Waals surface area contributed by atoms with Crippen LogP contribution in [0.15, 0.2) is 71.2 Å². The Hall–Kier alpha value is -3.69. The molecule has 0 spiro atoms. The first-order valence-corrected chi connectivity index (χ1v) is 12.2. The second-order valence-corrected chi connectivity index (χ2v) is 9.61. The SMILES string of the molecule is COc1cccc([C@@H]2NN(C(=O)c3cccc(Br)c3)[C@@H]3C(=O)N(c4ccc(C)cc4)C(=O)[C@H]32)c1OC. The number of hydrogen-bond donors (Lipinski definition) is 1. The minimum Gasteiger partial charge on any atom is -0.493 e. The monoisotopic (exact) mass is 549 g/mol. The van der Waals surface area contributed by atoms with Gasteiger partial charge in [-0.15, -0.1) is 0 Å². The number of nitrogens with zero attached hydrogens (tertiary/aromatic N) is 2. The van der Waals surface area contributed by atoms with E-state index in [1.807, 2.05) is 25.1 Å². The third kappa shape index (κ3) is 3.84. The van der Waals surface area contributed by atoms with Crippen LogP contribution in [0.1, 0.15) is 27.5 Å². The highest BCUT2D eigenvalue weighted by Gasteiger charge is 2.61. The Bertz CT molecular complexity index is 1360. The number of nitrogens with one attached hydrogen (secondary N) is 1. The Labute approximate surface area is 216 Å². The maximum absolute atomic E-state index is 13.8. The standard InChI is InChI=1S/C27H24BrN3O5/c1-15-10-12-18(13-11-15)30-26(33)21-22(19-8-5-9-20(35-2)24(19)36-3)29-31(23(21)27(30)34)25(32)16-6-4-7-17(28)14-16/h4-14,21-23,29H,1-3H3/t21-,22-,23-/m0/s1. The average molecular weight is 550 g/mol. The Morgan fingerprint density at radius 1 is 0.944 bits per heavy atom. The molecule has 2 aliphatic rings. The summed E-state index contributed by atoms with van der Waals surface area (Å²) < 4.78 is 11.8. The third-order valence-corrected chi connectivity index (χ3v) is 7.08. The zero-order chi connectivity index (χ0) is 25.6. The predicted octanol–water partition coefficient (Wildman–Crippen LogP) is 4.03. The summed E-state index contributed by atoms with van der Waals surface area (Å²) in [6.45, 7) is 1.93. The third-order valence-electron chi connectivity index (χ3n) is 6.59. The number of ether oxygens (including phenoxy) is 2. The first-order chi connectivity index (χ1) is 17.3. The number of hydrogen-bond acceptors (Lipinski definition) is 6. The van der Waals surface area contributed by atoms with Crippen LogP contribution in [-0.2, 0) is 9.59 Å². The molecule has 0 unspecified atom stereocenters. The summed E-state index contributed by atoms with van der Waals surface area (Å²) >= 11 is 3.40. The van der Waals surface area contributed by atoms with E-state index < -0.39 is 29.8 Å². The first-order valence-electron chi connectivity index (χ1n) is 11.4. The summed E-state index contributed by atoms with van der Waals surface area (Å²) in [6, 6.07) is 17.7. The van der Waals surface area contributed by atoms with Crippen LogP contribution in [-0.4, -0.2) is 43.0 Å². The summed E-state index contributed by atoms with van der Waals surface area (Å²) in [7, 11) is 3.04. The van der Waals surface area contributed by atoms with Gasteiger partial charge in [0.05, 0.1) is 31.9 Å². The number of methoxy groups -OCH3 is 2. The van der Waals surface area contributed by atoms with Crippen LogP contribution in [0.2, 0.25) is 0 Å². The lowest BCUT2D eigenvalue weighted by Gasteiger charge is -2.26. The largest absolute Gasteiger partial charge is 0.493 e. The summed E-state index contributed by atoms with van der Waals surface area (Å²) in [6.07, 6.45) is 0. The van der Waals surface area contributed by atoms with Crippen molar-refractivity contribution in [3.63, 3.8) is 0 Å². The number of carbonyl (C=O) groups excluding carboxylic acids is 3. The minimum absolute atomic E-state index is 0.378. The van der Waals surface area contributed by atoms with Crippen molar-refractivity contribution in [1.82, 2.24) is 10.4 Å². The van der Waals surface area contributed by atoms with Crippen molar-refractivity contribution in [2.24, 2.45) is 5.92 Å². The maximum Gasteiger partial charge on any atom is 0.268 e. The van der Waals surface area contributed by atoms with E-state index in [1.165, 1.54) is 24.1 Å². The molecule has 184 valence electrons. The number of anilines is 1. The molecular formula is C27H24BrN3O5. The average Bonchev–Trinajstić information content (AvgIpc) is 3.40. The summed E-state index contributed by atoms with van der Waals surface area (Å²) in [5.41, 5.74) is 5.62. The lowest BCUT2D eigenvalue weighted by atomic mass is 9.90. The molecule has 9 heteroatoms. The van der Waals surface area contributed by atoms with Crippen molar-refractivity contribution in [2.75, 3.05) is 19.1 Å². The second-order valence-electron chi connectivity index (χ2n) is 8.69. The summed E-state index contributed by atoms with van der Waals surface area (Å²) in [5.74, 6) is -1.22. The number of benzene rings is 3. The van der Waals surface area contributed by atoms with Gasteiger partial charge in [0.25, 0.3) is 11.8 Å². The van der Waals surface area contributed by atoms with Gasteiger partial charge in [0.2, 0.25) is 5.91 Å². The van der Waals surface area contributed by atoms with Gasteiger partial charge in [0.15, 0.2) is 11.5 Å². The van der Waals surface area contributed by atoms with E-state index in [1.54, 1.807) is 48.5 Å². The zero-order valence-corrected chi connectivity index (χ0v) is 21.5. The van der Waals surface area contributed by atoms with E-state index in [-0.39, 0.29) is 5.91 Å². The number of fused-ring (bicyclic) bond motifs is 1. The Morgan fingerprint density at radius 2 is 1.67 bits per heavy atom. The van der Waals surface area contributed by atoms with Crippen molar-refractivity contribution in [3.05, 3.63) is 87.9 Å². The van der Waals surface area contributed by atoms with Gasteiger partial charge in [0.1, 0.15) is 6.04 Å². The topological polar surface area (TPSA) is 88.2 Å². The number of hydrazine groups is 1. The molecule has 1 N–H and O–H groups in total. The Morgan fingerprint density at radius 3 is 2.33 bits per heavy atom. The van der Waals surface area contributed by atoms with Gasteiger partial charge in [-0.3, -0.25) is 19.4 Å². The molecule has 2 fully saturated rings. The van der Waals surface area contributed by atoms with Gasteiger partial charge in [-0.05, 0) is 43.3 Å². The van der Waals surface area contributed by atoms with E-state index >= 15 is 0 Å². The molecule has 3 amide bonds. The highest BCUT2D eigenvalue weighted by atomic mass is 79.9. The number of rotatable bonds is 5. The highest BCUT2D eigenvalue weighted by molar-refractivity contribution is 9.10. The molecule has 36 heavy (non-hydrogen) atoms. The lowest BCUT2D eigenvalue weighted by Crippen LogP contribution is -2.48. The van der Waals surface area contributed by atoms with Gasteiger partial charge in [-0.2, -0.15) is 0 Å². The molecule has 0 bridgehead atoms. The van der Waals surface area contributed by atoms with E-state index in [0.29, 0.717) is 28.3 Å². The highest BCUT2D eigenvalue weighted by Crippen LogP contribution is 2.46. The molecule has 3 atom stereocenters. The molecule has 3 aromatic rings. The fourth-order valence-corrected chi connectivity index (χ4v) is 5.30. The molecule has 0 aliphatic carbocycles. The number of carbonyl (C=O) groups is 3. The Kier molecular flexibility index (Phi) is 6.27. The molecule has 0 saturated carbocycles. The number of imide groups is 1. The molecule has 2 saturated heterocycles. The Balaban J connectivity index is 1.63. The number of halogens is 1. The van der Waals surface area contributed by atoms with Crippen molar-refractivity contribution in [1.29, 1.82) is 0 Å². The van der Waals surface area contributed by atoms with E-state index in [9.17, 15) is 14.4 Å². The molecule has 0 aromatic heterocycles. The number of aryl methyl sites for hydroxylation is 1. The minimum atomic E-state index is -1.04. The van der Waals surface area contributed by atoms with Gasteiger partial charge >= 0.3 is 0 Å². The zero-order valence-electron chi connectivity index (χ0n) is 19.9. The van der Waals surface area contributed by atoms with Crippen molar-refractivity contribution >= 4 is 39.3 Å². The van der Waals surface area contributed by atoms with Crippen LogP contribution in [0.5, 0.6) is 11.5 Å². The number of amides is 3. The molecule has 5 rings (SSSR count). The van der Waals surface area contributed by atoms with E-state index in [0.717, 1.165) is 10.0 Å². The van der Waals surface area contributed by atoms with E-state index in [2.05, 4.69) is 21.4 Å². The van der Waals surface area contributed by atoms with Crippen LogP contribution in [0.25, 0.3) is 0 Å². The lowest BCUT2D eigenvalue weighted by molar-refractivity contribution is -0.123. The molecule has 3 aromatic carbocycles. The normalized spacial score (nSPS) is 21.1. The van der Waals surface area contributed by atoms with Crippen LogP contribution in [0.4, 0.5) is 5.69 Å². The van der Waals surface area contributed by atoms with Crippen LogP contribution >= 0.6 is 15.9 Å². The predicted molar refractivity (Wildman–Crippen MR) is 137 cm³/mol. The first kappa shape index (κ1) is 24.0. The van der Waals surface area contributed by atoms with Crippen molar-refractivity contribution in [3.8, 4) is 11.5 Å². The van der Waals surface area contributed by atoms with E-state index in [4.69, 9.17) is 9.47 Å². The fourth-order valence-electron chi connectivity index (χ4n) is 4.90. The fraction of sp³-hybridized carbons (Fsp3) is 0.222. The quantitative estimate of drug-likeness (QED) is 0.483. The van der Waals surface area contributed by atoms with Crippen LogP contribution in [0, 0.1) is 12.8 Å². The smallest absolute Gasteiger partial charge is 0.268 e. The molecule has 2 heterocycles. The van der Waals surface area contributed by atoms with Gasteiger partial charge in [-0.1, -0.05) is 51.8 Å². The summed E-state index contributed by atoms with van der Waals surface area (Å²) in [4.78, 5) is 42.4. The summed E-state index contributed by atoms with van der Waals surface area (Å²) in [5, 5.41) is 1.28. The molecule has 2 aliphatic heterocycles. The van der Waals surface area contributed by atoms with Crippen molar-refractivity contribution < 1.29 is 23.9 Å². The molecule has 0 radical (unpaired) electrons. The number of para-hydroxylation sites is 1. The van der Waals surface area contributed by atoms with Gasteiger partial charge < -0.3 is 9.47 Å². The van der Waals surface area contributed by atoms with Crippen LogP contribution in [0.3, 0.4) is 0 Å². The van der Waals surface area contributed by atoms with Crippen LogP contribution < -0.4 is 19.8 Å². The van der Waals surface area contributed by atoms with Gasteiger partial charge in [0, 0.05) is 15.6 Å². The second kappa shape index (κ2) is 9.40. The maximum atomic E-state index is 13.8.